The number of ketones is 1. The third-order valence-corrected chi connectivity index (χ3v) is 2.35. The molecular weight excluding hydrogens is 240 g/mol. The van der Waals surface area contributed by atoms with E-state index in [0.29, 0.717) is 0 Å². The number of carboxylic acid groups (broad SMARTS) is 1. The maximum absolute atomic E-state index is 11.4. The summed E-state index contributed by atoms with van der Waals surface area (Å²) >= 11 is 0. The molecule has 2 rings (SSSR count). The van der Waals surface area contributed by atoms with Crippen LogP contribution < -0.4 is 5.63 Å². The number of aromatic carboxylic acids is 1. The van der Waals surface area contributed by atoms with Gasteiger partial charge in [0.1, 0.15) is 11.1 Å². The lowest BCUT2D eigenvalue weighted by Gasteiger charge is -2.00. The minimum atomic E-state index is -1.15. The van der Waals surface area contributed by atoms with E-state index in [0.717, 1.165) is 6.07 Å². The number of hydrogen-bond donors (Lipinski definition) is 1. The Morgan fingerprint density at radius 3 is 2.56 bits per heavy atom. The smallest absolute Gasteiger partial charge is 0.347 e. The van der Waals surface area contributed by atoms with E-state index in [-0.39, 0.29) is 22.8 Å². The molecule has 0 atom stereocenters. The first-order valence-corrected chi connectivity index (χ1v) is 4.83. The standard InChI is InChI=1S/C12H6O6/c13-5-9(14)8-4-7-3-6(11(15)16)1-2-10(7)18-12(8)17/h1-5H,(H,15,16). The lowest BCUT2D eigenvalue weighted by molar-refractivity contribution is -0.104. The molecule has 1 N–H and O–H groups in total. The number of rotatable bonds is 3. The second-order valence-electron chi connectivity index (χ2n) is 3.49. The quantitative estimate of drug-likeness (QED) is 0.373. The zero-order chi connectivity index (χ0) is 13.3. The molecule has 0 bridgehead atoms. The third kappa shape index (κ3) is 1.91. The molecule has 0 saturated carbocycles. The number of Topliss-reactive ketones (excluding diaryl/α,β-unsaturated/α-hetero) is 1. The van der Waals surface area contributed by atoms with Crippen molar-refractivity contribution in [2.24, 2.45) is 0 Å². The molecule has 0 fully saturated rings. The number of benzene rings is 1. The molecule has 90 valence electrons. The molecule has 1 aromatic carbocycles. The van der Waals surface area contributed by atoms with E-state index in [4.69, 9.17) is 9.52 Å². The highest BCUT2D eigenvalue weighted by Gasteiger charge is 2.13. The topological polar surface area (TPSA) is 102 Å². The average Bonchev–Trinajstić information content (AvgIpc) is 2.36. The monoisotopic (exact) mass is 246 g/mol. The minimum absolute atomic E-state index is 0.000859. The van der Waals surface area contributed by atoms with E-state index in [1.54, 1.807) is 0 Å². The van der Waals surface area contributed by atoms with E-state index >= 15 is 0 Å². The van der Waals surface area contributed by atoms with Gasteiger partial charge >= 0.3 is 11.6 Å². The fourth-order valence-electron chi connectivity index (χ4n) is 1.49. The van der Waals surface area contributed by atoms with Crippen LogP contribution in [0.5, 0.6) is 0 Å². The van der Waals surface area contributed by atoms with Crippen LogP contribution in [-0.4, -0.2) is 23.1 Å². The second-order valence-corrected chi connectivity index (χ2v) is 3.49. The van der Waals surface area contributed by atoms with Crippen molar-refractivity contribution in [1.82, 2.24) is 0 Å². The Hall–Kier alpha value is -2.76. The molecule has 6 nitrogen and oxygen atoms in total. The van der Waals surface area contributed by atoms with Crippen molar-refractivity contribution in [3.63, 3.8) is 0 Å². The van der Waals surface area contributed by atoms with Gasteiger partial charge in [-0.1, -0.05) is 0 Å². The first-order valence-electron chi connectivity index (χ1n) is 4.83. The van der Waals surface area contributed by atoms with E-state index in [2.05, 4.69) is 0 Å². The van der Waals surface area contributed by atoms with Crippen LogP contribution in [0.25, 0.3) is 11.0 Å². The number of carboxylic acids is 1. The van der Waals surface area contributed by atoms with E-state index < -0.39 is 22.9 Å². The van der Waals surface area contributed by atoms with Gasteiger partial charge in [0.2, 0.25) is 5.78 Å². The van der Waals surface area contributed by atoms with Gasteiger partial charge in [-0.15, -0.1) is 0 Å². The van der Waals surface area contributed by atoms with E-state index in [9.17, 15) is 19.2 Å². The summed E-state index contributed by atoms with van der Waals surface area (Å²) in [5.74, 6) is -2.15. The maximum Gasteiger partial charge on any atom is 0.347 e. The second kappa shape index (κ2) is 4.25. The predicted molar refractivity (Wildman–Crippen MR) is 59.8 cm³/mol. The molecule has 2 aromatic rings. The zero-order valence-electron chi connectivity index (χ0n) is 8.88. The van der Waals surface area contributed by atoms with Gasteiger partial charge in [-0.2, -0.15) is 0 Å². The first kappa shape index (κ1) is 11.7. The van der Waals surface area contributed by atoms with Crippen LogP contribution >= 0.6 is 0 Å². The van der Waals surface area contributed by atoms with Crippen LogP contribution in [0, 0.1) is 0 Å². The molecule has 0 aliphatic carbocycles. The highest BCUT2D eigenvalue weighted by atomic mass is 16.4. The normalized spacial score (nSPS) is 10.2. The minimum Gasteiger partial charge on any atom is -0.478 e. The molecule has 6 heteroatoms. The van der Waals surface area contributed by atoms with Gasteiger partial charge in [0, 0.05) is 5.39 Å². The maximum atomic E-state index is 11.4. The lowest BCUT2D eigenvalue weighted by Crippen LogP contribution is -2.14. The average molecular weight is 246 g/mol. The highest BCUT2D eigenvalue weighted by molar-refractivity contribution is 6.33. The Labute approximate surface area is 99.5 Å². The van der Waals surface area contributed by atoms with Crippen molar-refractivity contribution in [2.75, 3.05) is 0 Å². The largest absolute Gasteiger partial charge is 0.478 e. The molecular formula is C12H6O6. The number of fused-ring (bicyclic) bond motifs is 1. The van der Waals surface area contributed by atoms with Gasteiger partial charge in [0.15, 0.2) is 6.29 Å². The molecule has 0 aliphatic rings. The van der Waals surface area contributed by atoms with Gasteiger partial charge in [-0.3, -0.25) is 9.59 Å². The number of hydrogen-bond acceptors (Lipinski definition) is 5. The van der Waals surface area contributed by atoms with Gasteiger partial charge < -0.3 is 9.52 Å². The summed E-state index contributed by atoms with van der Waals surface area (Å²) in [6, 6.07) is 4.98. The molecule has 0 amide bonds. The lowest BCUT2D eigenvalue weighted by atomic mass is 10.1. The van der Waals surface area contributed by atoms with Gasteiger partial charge in [0.05, 0.1) is 5.56 Å². The zero-order valence-corrected chi connectivity index (χ0v) is 8.88. The summed E-state index contributed by atoms with van der Waals surface area (Å²) in [6.45, 7) is 0. The number of carbonyl (C=O) groups excluding carboxylic acids is 2. The SMILES string of the molecule is O=CC(=O)c1cc2cc(C(=O)O)ccc2oc1=O. The van der Waals surface area contributed by atoms with E-state index in [1.165, 1.54) is 18.2 Å². The first-order chi connectivity index (χ1) is 8.52. The molecule has 1 aromatic heterocycles. The molecule has 18 heavy (non-hydrogen) atoms. The Bertz CT molecular complexity index is 725. The molecule has 0 unspecified atom stereocenters. The Morgan fingerprint density at radius 1 is 1.22 bits per heavy atom. The Balaban J connectivity index is 2.74. The Kier molecular flexibility index (Phi) is 2.77. The summed E-state index contributed by atoms with van der Waals surface area (Å²) in [5.41, 5.74) is -1.21. The van der Waals surface area contributed by atoms with Crippen molar-refractivity contribution in [1.29, 1.82) is 0 Å². The molecule has 0 aliphatic heterocycles. The van der Waals surface area contributed by atoms with Crippen LogP contribution in [-0.2, 0) is 4.79 Å². The summed E-state index contributed by atoms with van der Waals surface area (Å²) in [7, 11) is 0. The summed E-state index contributed by atoms with van der Waals surface area (Å²) < 4.78 is 4.82. The van der Waals surface area contributed by atoms with Crippen molar-refractivity contribution in [3.8, 4) is 0 Å². The fraction of sp³-hybridized carbons (Fsp3) is 0. The number of carbonyl (C=O) groups is 3. The van der Waals surface area contributed by atoms with Gasteiger partial charge in [0.25, 0.3) is 0 Å². The fourth-order valence-corrected chi connectivity index (χ4v) is 1.49. The molecule has 0 saturated heterocycles. The van der Waals surface area contributed by atoms with E-state index in [1.807, 2.05) is 0 Å². The summed E-state index contributed by atoms with van der Waals surface area (Å²) in [4.78, 5) is 43.7. The van der Waals surface area contributed by atoms with Crippen LogP contribution in [0.1, 0.15) is 20.7 Å². The summed E-state index contributed by atoms with van der Waals surface area (Å²) in [6.07, 6.45) is -0.000859. The predicted octanol–water partition coefficient (Wildman–Crippen LogP) is 0.873. The van der Waals surface area contributed by atoms with Crippen LogP contribution in [0.3, 0.4) is 0 Å². The van der Waals surface area contributed by atoms with Crippen molar-refractivity contribution in [3.05, 3.63) is 45.8 Å². The van der Waals surface area contributed by atoms with Crippen molar-refractivity contribution < 1.29 is 23.9 Å². The summed E-state index contributed by atoms with van der Waals surface area (Å²) in [5, 5.41) is 9.07. The molecule has 1 heterocycles. The van der Waals surface area contributed by atoms with Crippen LogP contribution in [0.2, 0.25) is 0 Å². The van der Waals surface area contributed by atoms with Crippen LogP contribution in [0.15, 0.2) is 33.5 Å². The van der Waals surface area contributed by atoms with Gasteiger partial charge in [-0.05, 0) is 24.3 Å². The highest BCUT2D eigenvalue weighted by Crippen LogP contribution is 2.15. The molecule has 0 spiro atoms. The third-order valence-electron chi connectivity index (χ3n) is 2.35. The number of aldehydes is 1. The van der Waals surface area contributed by atoms with Crippen LogP contribution in [0.4, 0.5) is 0 Å². The molecule has 0 radical (unpaired) electrons. The Morgan fingerprint density at radius 2 is 1.94 bits per heavy atom. The van der Waals surface area contributed by atoms with Crippen molar-refractivity contribution in [2.45, 2.75) is 0 Å². The van der Waals surface area contributed by atoms with Crippen molar-refractivity contribution >= 4 is 29.0 Å². The van der Waals surface area contributed by atoms with Gasteiger partial charge in [-0.25, -0.2) is 9.59 Å².